The largest absolute Gasteiger partial charge is 0.491 e. The molecule has 2 aromatic heterocycles. The van der Waals surface area contributed by atoms with Gasteiger partial charge < -0.3 is 25.7 Å². The fourth-order valence-corrected chi connectivity index (χ4v) is 2.45. The molecule has 0 aliphatic rings. The Labute approximate surface area is 172 Å². The molecular formula is C19H21N7O4. The average molecular weight is 411 g/mol. The number of nitrogens with two attached hydrogens (primary N) is 1. The van der Waals surface area contributed by atoms with Crippen LogP contribution < -0.4 is 20.5 Å². The van der Waals surface area contributed by atoms with Gasteiger partial charge in [-0.2, -0.15) is 5.10 Å². The molecule has 0 fully saturated rings. The summed E-state index contributed by atoms with van der Waals surface area (Å²) in [6, 6.07) is 6.47. The summed E-state index contributed by atoms with van der Waals surface area (Å²) in [5.74, 6) is 0.808. The lowest BCUT2D eigenvalue weighted by Gasteiger charge is -2.13. The summed E-state index contributed by atoms with van der Waals surface area (Å²) in [7, 11) is 1.75. The van der Waals surface area contributed by atoms with Crippen molar-refractivity contribution in [1.82, 2.24) is 19.7 Å². The number of carbonyl (C=O) groups excluding carboxylic acids is 1. The Kier molecular flexibility index (Phi) is 6.11. The standard InChI is InChI=1S/C19H21N7O4/c1-11(2)29-13-6-12(19(27)23-16-4-5-26(3)24-16)7-14(8-13)30-17-10-21-15(9-22-17)18(20)25-28/h4-11,28H,1-3H3,(H2,20,25)(H,23,24,27). The number of benzene rings is 1. The molecule has 3 rings (SSSR count). The van der Waals surface area contributed by atoms with Crippen molar-refractivity contribution in [3.05, 3.63) is 54.1 Å². The first kappa shape index (κ1) is 20.6. The number of anilines is 1. The highest BCUT2D eigenvalue weighted by molar-refractivity contribution is 6.04. The van der Waals surface area contributed by atoms with E-state index in [9.17, 15) is 4.79 Å². The van der Waals surface area contributed by atoms with Gasteiger partial charge in [0.2, 0.25) is 5.88 Å². The third-order valence-corrected chi connectivity index (χ3v) is 3.69. The van der Waals surface area contributed by atoms with Gasteiger partial charge in [0.15, 0.2) is 11.7 Å². The molecule has 11 nitrogen and oxygen atoms in total. The van der Waals surface area contributed by atoms with E-state index in [2.05, 4.69) is 25.5 Å². The number of aromatic nitrogens is 4. The maximum Gasteiger partial charge on any atom is 0.257 e. The zero-order valence-corrected chi connectivity index (χ0v) is 16.6. The summed E-state index contributed by atoms with van der Waals surface area (Å²) in [6.45, 7) is 3.75. The van der Waals surface area contributed by atoms with E-state index < -0.39 is 0 Å². The SMILES string of the molecule is CC(C)Oc1cc(Oc2cnc(/C(N)=N\O)cn2)cc(C(=O)Nc2ccn(C)n2)c1. The van der Waals surface area contributed by atoms with Crippen molar-refractivity contribution in [2.24, 2.45) is 17.9 Å². The molecule has 2 heterocycles. The number of amides is 1. The molecule has 0 aliphatic carbocycles. The predicted molar refractivity (Wildman–Crippen MR) is 108 cm³/mol. The number of nitrogens with one attached hydrogen (secondary N) is 1. The number of aryl methyl sites for hydroxylation is 1. The fourth-order valence-electron chi connectivity index (χ4n) is 2.45. The van der Waals surface area contributed by atoms with E-state index >= 15 is 0 Å². The summed E-state index contributed by atoms with van der Waals surface area (Å²) in [5.41, 5.74) is 5.98. The lowest BCUT2D eigenvalue weighted by Crippen LogP contribution is -2.15. The molecule has 30 heavy (non-hydrogen) atoms. The van der Waals surface area contributed by atoms with Crippen LogP contribution >= 0.6 is 0 Å². The molecule has 0 aliphatic heterocycles. The van der Waals surface area contributed by atoms with E-state index in [1.54, 1.807) is 42.2 Å². The minimum Gasteiger partial charge on any atom is -0.491 e. The summed E-state index contributed by atoms with van der Waals surface area (Å²) in [4.78, 5) is 20.7. The molecule has 11 heteroatoms. The number of rotatable bonds is 7. The first-order valence-electron chi connectivity index (χ1n) is 8.94. The van der Waals surface area contributed by atoms with Crippen molar-refractivity contribution in [2.45, 2.75) is 20.0 Å². The van der Waals surface area contributed by atoms with Crippen LogP contribution in [-0.2, 0) is 7.05 Å². The molecule has 1 amide bonds. The number of hydrogen-bond acceptors (Lipinski definition) is 8. The maximum atomic E-state index is 12.7. The second-order valence-corrected chi connectivity index (χ2v) is 6.52. The van der Waals surface area contributed by atoms with Gasteiger partial charge in [-0.05, 0) is 26.0 Å². The summed E-state index contributed by atoms with van der Waals surface area (Å²) in [5, 5.41) is 18.4. The lowest BCUT2D eigenvalue weighted by molar-refractivity contribution is 0.102. The highest BCUT2D eigenvalue weighted by atomic mass is 16.5. The van der Waals surface area contributed by atoms with Gasteiger partial charge in [-0.15, -0.1) is 0 Å². The van der Waals surface area contributed by atoms with Crippen LogP contribution in [0.25, 0.3) is 0 Å². The summed E-state index contributed by atoms with van der Waals surface area (Å²) in [6.07, 6.45) is 4.23. The van der Waals surface area contributed by atoms with Gasteiger partial charge in [0, 0.05) is 30.9 Å². The fraction of sp³-hybridized carbons (Fsp3) is 0.211. The first-order valence-corrected chi connectivity index (χ1v) is 8.94. The van der Waals surface area contributed by atoms with Crippen LogP contribution in [0.4, 0.5) is 5.82 Å². The van der Waals surface area contributed by atoms with Crippen LogP contribution in [-0.4, -0.2) is 42.8 Å². The second kappa shape index (κ2) is 8.90. The van der Waals surface area contributed by atoms with Gasteiger partial charge in [-0.3, -0.25) is 9.48 Å². The third-order valence-electron chi connectivity index (χ3n) is 3.69. The van der Waals surface area contributed by atoms with Crippen molar-refractivity contribution >= 4 is 17.6 Å². The van der Waals surface area contributed by atoms with Gasteiger partial charge in [-0.1, -0.05) is 5.16 Å². The van der Waals surface area contributed by atoms with Crippen molar-refractivity contribution in [3.63, 3.8) is 0 Å². The minimum atomic E-state index is -0.374. The molecule has 1 aromatic carbocycles. The van der Waals surface area contributed by atoms with Gasteiger partial charge in [0.05, 0.1) is 18.5 Å². The second-order valence-electron chi connectivity index (χ2n) is 6.52. The zero-order valence-electron chi connectivity index (χ0n) is 16.6. The molecule has 0 unspecified atom stereocenters. The Balaban J connectivity index is 1.85. The van der Waals surface area contributed by atoms with E-state index in [4.69, 9.17) is 20.4 Å². The number of carbonyl (C=O) groups is 1. The van der Waals surface area contributed by atoms with Crippen molar-refractivity contribution in [2.75, 3.05) is 5.32 Å². The van der Waals surface area contributed by atoms with Crippen LogP contribution in [0.1, 0.15) is 29.9 Å². The average Bonchev–Trinajstić information content (AvgIpc) is 3.11. The third kappa shape index (κ3) is 5.22. The van der Waals surface area contributed by atoms with Gasteiger partial charge in [0.25, 0.3) is 5.91 Å². The predicted octanol–water partition coefficient (Wildman–Crippen LogP) is 2.14. The van der Waals surface area contributed by atoms with E-state index in [-0.39, 0.29) is 29.4 Å². The van der Waals surface area contributed by atoms with Crippen molar-refractivity contribution < 1.29 is 19.5 Å². The Hall–Kier alpha value is -4.15. The van der Waals surface area contributed by atoms with E-state index in [0.29, 0.717) is 22.9 Å². The summed E-state index contributed by atoms with van der Waals surface area (Å²) >= 11 is 0. The van der Waals surface area contributed by atoms with Crippen LogP contribution in [0, 0.1) is 0 Å². The van der Waals surface area contributed by atoms with Crippen molar-refractivity contribution in [1.29, 1.82) is 0 Å². The molecule has 0 atom stereocenters. The summed E-state index contributed by atoms with van der Waals surface area (Å²) < 4.78 is 13.0. The molecular weight excluding hydrogens is 390 g/mol. The number of amidine groups is 1. The highest BCUT2D eigenvalue weighted by Crippen LogP contribution is 2.27. The quantitative estimate of drug-likeness (QED) is 0.232. The van der Waals surface area contributed by atoms with Gasteiger partial charge in [-0.25, -0.2) is 9.97 Å². The van der Waals surface area contributed by atoms with Crippen LogP contribution in [0.2, 0.25) is 0 Å². The Morgan fingerprint density at radius 1 is 1.23 bits per heavy atom. The first-order chi connectivity index (χ1) is 14.3. The molecule has 0 bridgehead atoms. The molecule has 0 saturated heterocycles. The number of nitrogens with zero attached hydrogens (tertiary/aromatic N) is 5. The Morgan fingerprint density at radius 2 is 2.00 bits per heavy atom. The minimum absolute atomic E-state index is 0.105. The number of hydrogen-bond donors (Lipinski definition) is 3. The smallest absolute Gasteiger partial charge is 0.257 e. The molecule has 0 saturated carbocycles. The Bertz CT molecular complexity index is 1060. The molecule has 156 valence electrons. The molecule has 0 radical (unpaired) electrons. The number of oxime groups is 1. The maximum absolute atomic E-state index is 12.7. The highest BCUT2D eigenvalue weighted by Gasteiger charge is 2.14. The van der Waals surface area contributed by atoms with Crippen LogP contribution in [0.15, 0.2) is 48.0 Å². The van der Waals surface area contributed by atoms with Crippen LogP contribution in [0.5, 0.6) is 17.4 Å². The molecule has 0 spiro atoms. The van der Waals surface area contributed by atoms with Crippen LogP contribution in [0.3, 0.4) is 0 Å². The molecule has 4 N–H and O–H groups in total. The Morgan fingerprint density at radius 3 is 2.60 bits per heavy atom. The topological polar surface area (TPSA) is 150 Å². The zero-order chi connectivity index (χ0) is 21.7. The monoisotopic (exact) mass is 411 g/mol. The van der Waals surface area contributed by atoms with Crippen molar-refractivity contribution in [3.8, 4) is 17.4 Å². The van der Waals surface area contributed by atoms with Gasteiger partial charge >= 0.3 is 0 Å². The number of ether oxygens (including phenoxy) is 2. The lowest BCUT2D eigenvalue weighted by atomic mass is 10.2. The van der Waals surface area contributed by atoms with E-state index in [1.807, 2.05) is 13.8 Å². The van der Waals surface area contributed by atoms with E-state index in [0.717, 1.165) is 0 Å². The van der Waals surface area contributed by atoms with Gasteiger partial charge in [0.1, 0.15) is 17.2 Å². The normalized spacial score (nSPS) is 11.4. The van der Waals surface area contributed by atoms with E-state index in [1.165, 1.54) is 12.4 Å². The molecule has 3 aromatic rings.